The maximum atomic E-state index is 13.0. The number of likely N-dealkylation sites (tertiary alicyclic amines) is 1. The molecule has 5 heteroatoms. The molecule has 1 fully saturated rings. The first-order chi connectivity index (χ1) is 10.1. The van der Waals surface area contributed by atoms with E-state index >= 15 is 0 Å². The molecule has 0 bridgehead atoms. The Labute approximate surface area is 122 Å². The van der Waals surface area contributed by atoms with Crippen LogP contribution in [0.15, 0.2) is 36.5 Å². The van der Waals surface area contributed by atoms with Crippen LogP contribution in [0.4, 0.5) is 4.39 Å². The van der Waals surface area contributed by atoms with Crippen LogP contribution in [-0.4, -0.2) is 33.5 Å². The Morgan fingerprint density at radius 3 is 2.67 bits per heavy atom. The standard InChI is InChI=1S/C16H17FN2O2/c1-10-6-7-18-15(10)16(21)19-9-13(20)8-14(19)11-2-4-12(17)5-3-11/h2-7,13-14,18,20H,8-9H2,1H3. The average Bonchev–Trinajstić information content (AvgIpc) is 3.05. The van der Waals surface area contributed by atoms with Gasteiger partial charge < -0.3 is 15.0 Å². The van der Waals surface area contributed by atoms with Gasteiger partial charge in [0.05, 0.1) is 12.1 Å². The van der Waals surface area contributed by atoms with Gasteiger partial charge in [0.1, 0.15) is 11.5 Å². The Morgan fingerprint density at radius 2 is 2.05 bits per heavy atom. The number of aryl methyl sites for hydroxylation is 1. The number of amides is 1. The molecule has 21 heavy (non-hydrogen) atoms. The first-order valence-corrected chi connectivity index (χ1v) is 6.94. The van der Waals surface area contributed by atoms with Crippen molar-refractivity contribution < 1.29 is 14.3 Å². The van der Waals surface area contributed by atoms with Crippen molar-refractivity contribution in [3.05, 3.63) is 59.2 Å². The molecule has 0 radical (unpaired) electrons. The summed E-state index contributed by atoms with van der Waals surface area (Å²) in [7, 11) is 0. The number of β-amino-alcohol motifs (C(OH)–C–C–N with tert-alkyl or cyclic N) is 1. The van der Waals surface area contributed by atoms with E-state index in [1.165, 1.54) is 12.1 Å². The number of hydrogen-bond acceptors (Lipinski definition) is 2. The van der Waals surface area contributed by atoms with Gasteiger partial charge >= 0.3 is 0 Å². The zero-order valence-corrected chi connectivity index (χ0v) is 11.7. The molecular formula is C16H17FN2O2. The quantitative estimate of drug-likeness (QED) is 0.891. The van der Waals surface area contributed by atoms with Gasteiger partial charge in [-0.15, -0.1) is 0 Å². The molecule has 4 nitrogen and oxygen atoms in total. The van der Waals surface area contributed by atoms with E-state index in [0.29, 0.717) is 18.7 Å². The molecule has 1 aliphatic heterocycles. The maximum absolute atomic E-state index is 13.0. The number of aromatic amines is 1. The fraction of sp³-hybridized carbons (Fsp3) is 0.312. The lowest BCUT2D eigenvalue weighted by Gasteiger charge is -2.24. The second-order valence-corrected chi connectivity index (χ2v) is 5.45. The minimum absolute atomic E-state index is 0.136. The highest BCUT2D eigenvalue weighted by Crippen LogP contribution is 2.33. The van der Waals surface area contributed by atoms with Crippen molar-refractivity contribution in [2.75, 3.05) is 6.54 Å². The maximum Gasteiger partial charge on any atom is 0.271 e. The highest BCUT2D eigenvalue weighted by Gasteiger charge is 2.36. The number of aromatic nitrogens is 1. The van der Waals surface area contributed by atoms with E-state index in [4.69, 9.17) is 0 Å². The van der Waals surface area contributed by atoms with Gasteiger partial charge in [-0.25, -0.2) is 4.39 Å². The van der Waals surface area contributed by atoms with E-state index < -0.39 is 6.10 Å². The Bertz CT molecular complexity index is 651. The lowest BCUT2D eigenvalue weighted by atomic mass is 10.0. The molecule has 2 heterocycles. The molecule has 0 aliphatic carbocycles. The second kappa shape index (κ2) is 5.33. The first kappa shape index (κ1) is 13.8. The number of carbonyl (C=O) groups is 1. The Hall–Kier alpha value is -2.14. The largest absolute Gasteiger partial charge is 0.391 e. The molecule has 2 aromatic rings. The molecule has 1 aliphatic rings. The Kier molecular flexibility index (Phi) is 3.51. The number of halogens is 1. The highest BCUT2D eigenvalue weighted by atomic mass is 19.1. The summed E-state index contributed by atoms with van der Waals surface area (Å²) in [4.78, 5) is 17.2. The summed E-state index contributed by atoms with van der Waals surface area (Å²) in [5, 5.41) is 9.92. The van der Waals surface area contributed by atoms with Gasteiger partial charge in [-0.3, -0.25) is 4.79 Å². The van der Waals surface area contributed by atoms with Crippen molar-refractivity contribution in [2.45, 2.75) is 25.5 Å². The predicted octanol–water partition coefficient (Wildman–Crippen LogP) is 2.41. The van der Waals surface area contributed by atoms with Crippen LogP contribution >= 0.6 is 0 Å². The molecule has 1 aromatic carbocycles. The lowest BCUT2D eigenvalue weighted by Crippen LogP contribution is -2.32. The third-order valence-electron chi connectivity index (χ3n) is 3.96. The number of H-pyrrole nitrogens is 1. The van der Waals surface area contributed by atoms with E-state index in [0.717, 1.165) is 11.1 Å². The number of nitrogens with zero attached hydrogens (tertiary/aromatic N) is 1. The Morgan fingerprint density at radius 1 is 1.33 bits per heavy atom. The summed E-state index contributed by atoms with van der Waals surface area (Å²) in [6, 6.07) is 7.70. The summed E-state index contributed by atoms with van der Waals surface area (Å²) in [6.07, 6.45) is 1.64. The smallest absolute Gasteiger partial charge is 0.271 e. The van der Waals surface area contributed by atoms with Gasteiger partial charge in [0.25, 0.3) is 5.91 Å². The van der Waals surface area contributed by atoms with Crippen LogP contribution in [0.3, 0.4) is 0 Å². The molecule has 1 aromatic heterocycles. The second-order valence-electron chi connectivity index (χ2n) is 5.45. The normalized spacial score (nSPS) is 21.8. The molecule has 3 rings (SSSR count). The van der Waals surface area contributed by atoms with Crippen LogP contribution in [-0.2, 0) is 0 Å². The third-order valence-corrected chi connectivity index (χ3v) is 3.96. The molecule has 2 N–H and O–H groups in total. The van der Waals surface area contributed by atoms with E-state index in [-0.39, 0.29) is 17.8 Å². The van der Waals surface area contributed by atoms with Crippen LogP contribution in [0, 0.1) is 12.7 Å². The van der Waals surface area contributed by atoms with Crippen molar-refractivity contribution in [3.8, 4) is 0 Å². The van der Waals surface area contributed by atoms with Crippen LogP contribution in [0.5, 0.6) is 0 Å². The van der Waals surface area contributed by atoms with E-state index in [2.05, 4.69) is 4.98 Å². The van der Waals surface area contributed by atoms with E-state index in [1.54, 1.807) is 23.2 Å². The molecule has 2 unspecified atom stereocenters. The number of nitrogens with one attached hydrogen (secondary N) is 1. The van der Waals surface area contributed by atoms with Gasteiger partial charge in [0, 0.05) is 12.7 Å². The average molecular weight is 288 g/mol. The van der Waals surface area contributed by atoms with Crippen LogP contribution < -0.4 is 0 Å². The summed E-state index contributed by atoms with van der Waals surface area (Å²) >= 11 is 0. The fourth-order valence-electron chi connectivity index (χ4n) is 2.86. The zero-order valence-electron chi connectivity index (χ0n) is 11.7. The number of aliphatic hydroxyl groups excluding tert-OH is 1. The zero-order chi connectivity index (χ0) is 15.0. The lowest BCUT2D eigenvalue weighted by molar-refractivity contribution is 0.0710. The topological polar surface area (TPSA) is 56.3 Å². The summed E-state index contributed by atoms with van der Waals surface area (Å²) in [5.41, 5.74) is 2.25. The Balaban J connectivity index is 1.91. The van der Waals surface area contributed by atoms with Gasteiger partial charge in [-0.2, -0.15) is 0 Å². The molecular weight excluding hydrogens is 271 g/mol. The molecule has 1 amide bonds. The van der Waals surface area contributed by atoms with Crippen molar-refractivity contribution in [1.29, 1.82) is 0 Å². The molecule has 0 saturated carbocycles. The van der Waals surface area contributed by atoms with Crippen LogP contribution in [0.1, 0.15) is 34.1 Å². The third kappa shape index (κ3) is 2.56. The SMILES string of the molecule is Cc1cc[nH]c1C(=O)N1CC(O)CC1c1ccc(F)cc1. The van der Waals surface area contributed by atoms with E-state index in [9.17, 15) is 14.3 Å². The van der Waals surface area contributed by atoms with Crippen molar-refractivity contribution >= 4 is 5.91 Å². The summed E-state index contributed by atoms with van der Waals surface area (Å²) in [5.74, 6) is -0.446. The van der Waals surface area contributed by atoms with Gasteiger partial charge in [0.2, 0.25) is 0 Å². The van der Waals surface area contributed by atoms with Crippen molar-refractivity contribution in [2.24, 2.45) is 0 Å². The number of rotatable bonds is 2. The number of benzene rings is 1. The number of hydrogen-bond donors (Lipinski definition) is 2. The monoisotopic (exact) mass is 288 g/mol. The fourth-order valence-corrected chi connectivity index (χ4v) is 2.86. The molecule has 0 spiro atoms. The van der Waals surface area contributed by atoms with E-state index in [1.807, 2.05) is 13.0 Å². The minimum Gasteiger partial charge on any atom is -0.391 e. The highest BCUT2D eigenvalue weighted by molar-refractivity contribution is 5.94. The molecule has 110 valence electrons. The molecule has 1 saturated heterocycles. The first-order valence-electron chi connectivity index (χ1n) is 6.94. The predicted molar refractivity (Wildman–Crippen MR) is 76.3 cm³/mol. The van der Waals surface area contributed by atoms with Crippen LogP contribution in [0.25, 0.3) is 0 Å². The van der Waals surface area contributed by atoms with Gasteiger partial charge in [-0.05, 0) is 42.7 Å². The number of aliphatic hydroxyl groups is 1. The van der Waals surface area contributed by atoms with Gasteiger partial charge in [-0.1, -0.05) is 12.1 Å². The minimum atomic E-state index is -0.556. The van der Waals surface area contributed by atoms with Crippen molar-refractivity contribution in [1.82, 2.24) is 9.88 Å². The van der Waals surface area contributed by atoms with Crippen LogP contribution in [0.2, 0.25) is 0 Å². The number of carbonyl (C=O) groups excluding carboxylic acids is 1. The van der Waals surface area contributed by atoms with Gasteiger partial charge in [0.15, 0.2) is 0 Å². The summed E-state index contributed by atoms with van der Waals surface area (Å²) < 4.78 is 13.0. The van der Waals surface area contributed by atoms with Crippen molar-refractivity contribution in [3.63, 3.8) is 0 Å². The molecule has 2 atom stereocenters. The summed E-state index contributed by atoms with van der Waals surface area (Å²) in [6.45, 7) is 2.16.